The molecule has 8 heteroatoms. The van der Waals surface area contributed by atoms with Crippen LogP contribution in [0, 0.1) is 5.82 Å². The summed E-state index contributed by atoms with van der Waals surface area (Å²) in [6.07, 6.45) is 1.48. The SMILES string of the molecule is COc1ccc(CN(C)c2nc3c(cnn3C)c(=O)[nH]2)cc1F. The van der Waals surface area contributed by atoms with Crippen LogP contribution in [0.5, 0.6) is 5.75 Å². The zero-order valence-electron chi connectivity index (χ0n) is 13.0. The van der Waals surface area contributed by atoms with Gasteiger partial charge in [0.25, 0.3) is 5.56 Å². The largest absolute Gasteiger partial charge is 0.494 e. The first-order valence-electron chi connectivity index (χ1n) is 6.95. The second-order valence-electron chi connectivity index (χ2n) is 5.22. The Morgan fingerprint density at radius 3 is 2.91 bits per heavy atom. The number of aromatic nitrogens is 4. The molecule has 0 saturated carbocycles. The van der Waals surface area contributed by atoms with Gasteiger partial charge in [-0.2, -0.15) is 10.1 Å². The van der Waals surface area contributed by atoms with E-state index >= 15 is 0 Å². The van der Waals surface area contributed by atoms with Crippen molar-refractivity contribution in [1.82, 2.24) is 19.7 Å². The summed E-state index contributed by atoms with van der Waals surface area (Å²) in [6, 6.07) is 4.73. The fourth-order valence-corrected chi connectivity index (χ4v) is 2.36. The summed E-state index contributed by atoms with van der Waals surface area (Å²) < 4.78 is 20.2. The van der Waals surface area contributed by atoms with E-state index in [1.165, 1.54) is 24.1 Å². The van der Waals surface area contributed by atoms with Crippen LogP contribution in [0.3, 0.4) is 0 Å². The fraction of sp³-hybridized carbons (Fsp3) is 0.267. The smallest absolute Gasteiger partial charge is 0.263 e. The summed E-state index contributed by atoms with van der Waals surface area (Å²) in [5.74, 6) is 0.156. The predicted molar refractivity (Wildman–Crippen MR) is 84.2 cm³/mol. The minimum atomic E-state index is -0.429. The Kier molecular flexibility index (Phi) is 3.73. The molecule has 0 spiro atoms. The second-order valence-corrected chi connectivity index (χ2v) is 5.22. The third kappa shape index (κ3) is 2.75. The molecule has 0 radical (unpaired) electrons. The Labute approximate surface area is 131 Å². The van der Waals surface area contributed by atoms with Crippen molar-refractivity contribution in [3.63, 3.8) is 0 Å². The van der Waals surface area contributed by atoms with Gasteiger partial charge in [0.15, 0.2) is 17.2 Å². The highest BCUT2D eigenvalue weighted by Crippen LogP contribution is 2.19. The number of halogens is 1. The second kappa shape index (κ2) is 5.71. The molecule has 2 aromatic heterocycles. The van der Waals surface area contributed by atoms with Gasteiger partial charge >= 0.3 is 0 Å². The number of H-pyrrole nitrogens is 1. The molecular formula is C15H16FN5O2. The Hall–Kier alpha value is -2.90. The lowest BCUT2D eigenvalue weighted by atomic mass is 10.2. The molecule has 0 bridgehead atoms. The van der Waals surface area contributed by atoms with E-state index in [4.69, 9.17) is 4.74 Å². The summed E-state index contributed by atoms with van der Waals surface area (Å²) in [5, 5.41) is 4.45. The summed E-state index contributed by atoms with van der Waals surface area (Å²) in [6.45, 7) is 0.382. The van der Waals surface area contributed by atoms with Crippen LogP contribution < -0.4 is 15.2 Å². The van der Waals surface area contributed by atoms with Crippen LogP contribution in [0.4, 0.5) is 10.3 Å². The van der Waals surface area contributed by atoms with Crippen LogP contribution in [0.1, 0.15) is 5.56 Å². The van der Waals surface area contributed by atoms with Crippen LogP contribution >= 0.6 is 0 Å². The lowest BCUT2D eigenvalue weighted by molar-refractivity contribution is 0.386. The third-order valence-corrected chi connectivity index (χ3v) is 3.59. The van der Waals surface area contributed by atoms with Gasteiger partial charge in [-0.05, 0) is 17.7 Å². The number of aromatic amines is 1. The van der Waals surface area contributed by atoms with Crippen molar-refractivity contribution in [2.75, 3.05) is 19.1 Å². The van der Waals surface area contributed by atoms with Crippen molar-refractivity contribution in [1.29, 1.82) is 0 Å². The molecule has 120 valence electrons. The number of methoxy groups -OCH3 is 1. The van der Waals surface area contributed by atoms with Gasteiger partial charge in [0, 0.05) is 20.6 Å². The van der Waals surface area contributed by atoms with E-state index in [9.17, 15) is 9.18 Å². The highest BCUT2D eigenvalue weighted by atomic mass is 19.1. The fourth-order valence-electron chi connectivity index (χ4n) is 2.36. The molecule has 0 amide bonds. The molecule has 3 rings (SSSR count). The van der Waals surface area contributed by atoms with Crippen LogP contribution in [0.15, 0.2) is 29.2 Å². The van der Waals surface area contributed by atoms with E-state index in [0.29, 0.717) is 23.5 Å². The first kappa shape index (κ1) is 15.0. The quantitative estimate of drug-likeness (QED) is 0.788. The summed E-state index contributed by atoms with van der Waals surface area (Å²) >= 11 is 0. The monoisotopic (exact) mass is 317 g/mol. The zero-order chi connectivity index (χ0) is 16.6. The molecule has 23 heavy (non-hydrogen) atoms. The van der Waals surface area contributed by atoms with Crippen molar-refractivity contribution >= 4 is 17.0 Å². The van der Waals surface area contributed by atoms with E-state index < -0.39 is 5.82 Å². The average Bonchev–Trinajstić information content (AvgIpc) is 2.89. The van der Waals surface area contributed by atoms with Crippen LogP contribution in [0.2, 0.25) is 0 Å². The molecule has 0 atom stereocenters. The van der Waals surface area contributed by atoms with Gasteiger partial charge in [-0.15, -0.1) is 0 Å². The molecule has 1 N–H and O–H groups in total. The number of nitrogens with zero attached hydrogens (tertiary/aromatic N) is 4. The Morgan fingerprint density at radius 1 is 1.43 bits per heavy atom. The molecule has 0 unspecified atom stereocenters. The van der Waals surface area contributed by atoms with Gasteiger partial charge in [0.2, 0.25) is 5.95 Å². The highest BCUT2D eigenvalue weighted by Gasteiger charge is 2.12. The number of rotatable bonds is 4. The molecule has 2 heterocycles. The maximum absolute atomic E-state index is 13.8. The normalized spacial score (nSPS) is 11.0. The number of hydrogen-bond donors (Lipinski definition) is 1. The van der Waals surface area contributed by atoms with E-state index in [1.54, 1.807) is 31.1 Å². The zero-order valence-corrected chi connectivity index (χ0v) is 13.0. The molecule has 3 aromatic rings. The van der Waals surface area contributed by atoms with Crippen molar-refractivity contribution in [3.05, 3.63) is 46.1 Å². The number of hydrogen-bond acceptors (Lipinski definition) is 5. The molecule has 7 nitrogen and oxygen atoms in total. The summed E-state index contributed by atoms with van der Waals surface area (Å²) in [4.78, 5) is 20.9. The Bertz CT molecular complexity index is 918. The Morgan fingerprint density at radius 2 is 2.22 bits per heavy atom. The molecule has 0 fully saturated rings. The van der Waals surface area contributed by atoms with E-state index in [-0.39, 0.29) is 11.3 Å². The van der Waals surface area contributed by atoms with Crippen molar-refractivity contribution in [2.45, 2.75) is 6.54 Å². The van der Waals surface area contributed by atoms with Crippen LogP contribution in [-0.2, 0) is 13.6 Å². The lowest BCUT2D eigenvalue weighted by Gasteiger charge is -2.18. The van der Waals surface area contributed by atoms with Gasteiger partial charge in [-0.3, -0.25) is 14.5 Å². The third-order valence-electron chi connectivity index (χ3n) is 3.59. The predicted octanol–water partition coefficient (Wildman–Crippen LogP) is 1.44. The summed E-state index contributed by atoms with van der Waals surface area (Å²) in [7, 11) is 4.90. The van der Waals surface area contributed by atoms with Crippen molar-refractivity contribution < 1.29 is 9.13 Å². The van der Waals surface area contributed by atoms with Gasteiger partial charge in [0.1, 0.15) is 5.39 Å². The van der Waals surface area contributed by atoms with Gasteiger partial charge < -0.3 is 9.64 Å². The van der Waals surface area contributed by atoms with Gasteiger partial charge in [0.05, 0.1) is 13.3 Å². The maximum atomic E-state index is 13.8. The maximum Gasteiger partial charge on any atom is 0.263 e. The minimum Gasteiger partial charge on any atom is -0.494 e. The van der Waals surface area contributed by atoms with Crippen LogP contribution in [-0.4, -0.2) is 33.9 Å². The number of fused-ring (bicyclic) bond motifs is 1. The Balaban J connectivity index is 1.91. The molecular weight excluding hydrogens is 301 g/mol. The summed E-state index contributed by atoms with van der Waals surface area (Å²) in [5.41, 5.74) is 0.973. The van der Waals surface area contributed by atoms with Gasteiger partial charge in [-0.1, -0.05) is 6.07 Å². The molecule has 0 aliphatic heterocycles. The standard InChI is InChI=1S/C15H16FN5O2/c1-20(8-9-4-5-12(23-3)11(16)6-9)15-18-13-10(14(22)19-15)7-17-21(13)2/h4-7H,8H2,1-3H3,(H,18,19,22). The number of benzene rings is 1. The highest BCUT2D eigenvalue weighted by molar-refractivity contribution is 5.74. The topological polar surface area (TPSA) is 76.0 Å². The first-order valence-corrected chi connectivity index (χ1v) is 6.95. The lowest BCUT2D eigenvalue weighted by Crippen LogP contribution is -2.23. The molecule has 0 aliphatic carbocycles. The van der Waals surface area contributed by atoms with Crippen molar-refractivity contribution in [2.24, 2.45) is 7.05 Å². The molecule has 1 aromatic carbocycles. The minimum absolute atomic E-state index is 0.194. The van der Waals surface area contributed by atoms with E-state index in [1.807, 2.05) is 0 Å². The molecule has 0 saturated heterocycles. The average molecular weight is 317 g/mol. The molecule has 0 aliphatic rings. The van der Waals surface area contributed by atoms with Crippen LogP contribution in [0.25, 0.3) is 11.0 Å². The van der Waals surface area contributed by atoms with Gasteiger partial charge in [-0.25, -0.2) is 4.39 Å². The number of anilines is 1. The number of ether oxygens (including phenoxy) is 1. The van der Waals surface area contributed by atoms with E-state index in [0.717, 1.165) is 5.56 Å². The number of nitrogens with one attached hydrogen (secondary N) is 1. The number of aryl methyl sites for hydroxylation is 1. The first-order chi connectivity index (χ1) is 11.0. The van der Waals surface area contributed by atoms with Crippen molar-refractivity contribution in [3.8, 4) is 5.75 Å². The van der Waals surface area contributed by atoms with E-state index in [2.05, 4.69) is 15.1 Å².